The molecule has 1 aliphatic carbocycles. The monoisotopic (exact) mass is 339 g/mol. The Morgan fingerprint density at radius 1 is 0.960 bits per heavy atom. The molecule has 2 N–H and O–H groups in total. The third-order valence-corrected chi connectivity index (χ3v) is 4.54. The summed E-state index contributed by atoms with van der Waals surface area (Å²) in [5.74, 6) is -0.00373. The summed E-state index contributed by atoms with van der Waals surface area (Å²) in [4.78, 5) is 23.9. The first kappa shape index (κ1) is 17.2. The zero-order chi connectivity index (χ0) is 17.8. The van der Waals surface area contributed by atoms with Crippen LogP contribution in [0.25, 0.3) is 10.8 Å². The Bertz CT molecular complexity index is 806. The van der Waals surface area contributed by atoms with Crippen LogP contribution in [-0.2, 0) is 9.59 Å². The predicted octanol–water partition coefficient (Wildman–Crippen LogP) is 3.35. The number of fused-ring (bicyclic) bond motifs is 1. The van der Waals surface area contributed by atoms with E-state index >= 15 is 0 Å². The molecule has 1 aliphatic rings. The maximum Gasteiger partial charge on any atom is 0.335 e. The largest absolute Gasteiger partial charge is 0.426 e. The van der Waals surface area contributed by atoms with Gasteiger partial charge >= 0.3 is 11.9 Å². The van der Waals surface area contributed by atoms with Crippen LogP contribution in [0.5, 0.6) is 11.5 Å². The molecule has 0 radical (unpaired) electrons. The number of benzene rings is 2. The van der Waals surface area contributed by atoms with E-state index in [9.17, 15) is 9.59 Å². The summed E-state index contributed by atoms with van der Waals surface area (Å²) in [6.07, 6.45) is 4.31. The Morgan fingerprint density at radius 2 is 1.52 bits per heavy atom. The van der Waals surface area contributed by atoms with Crippen molar-refractivity contribution in [3.63, 3.8) is 0 Å². The molecular weight excluding hydrogens is 318 g/mol. The van der Waals surface area contributed by atoms with Crippen molar-refractivity contribution in [1.82, 2.24) is 0 Å². The Balaban J connectivity index is 1.84. The summed E-state index contributed by atoms with van der Waals surface area (Å²) in [6, 6.07) is 10.8. The third kappa shape index (κ3) is 3.88. The van der Waals surface area contributed by atoms with E-state index in [1.807, 2.05) is 12.1 Å². The van der Waals surface area contributed by atoms with Crippen LogP contribution in [0.3, 0.4) is 0 Å². The van der Waals surface area contributed by atoms with Crippen molar-refractivity contribution in [3.05, 3.63) is 49.1 Å². The molecule has 0 amide bonds. The minimum absolute atomic E-state index is 0.114. The fourth-order valence-corrected chi connectivity index (χ4v) is 3.13. The molecule has 0 spiro atoms. The zero-order valence-electron chi connectivity index (χ0n) is 13.9. The molecule has 0 bridgehead atoms. The number of ether oxygens (including phenoxy) is 2. The van der Waals surface area contributed by atoms with Crippen LogP contribution in [0.1, 0.15) is 25.7 Å². The highest BCUT2D eigenvalue weighted by Crippen LogP contribution is 2.33. The van der Waals surface area contributed by atoms with Gasteiger partial charge in [0.2, 0.25) is 0 Å². The standard InChI is InChI=1S/C20H21NO4/c1-2-19(22)24-17-7-3-6-16-15(17)5-4-8-18(16)25-20(23)13-9-11-14(21)12-10-13/h2-8,13-14H,1,9-12,21H2. The zero-order valence-corrected chi connectivity index (χ0v) is 13.9. The van der Waals surface area contributed by atoms with Crippen molar-refractivity contribution in [2.24, 2.45) is 11.7 Å². The summed E-state index contributed by atoms with van der Waals surface area (Å²) in [5, 5.41) is 1.42. The average Bonchev–Trinajstić information content (AvgIpc) is 2.63. The SMILES string of the molecule is C=CC(=O)Oc1cccc2c(OC(=O)C3CCC(N)CC3)cccc12. The smallest absolute Gasteiger partial charge is 0.335 e. The van der Waals surface area contributed by atoms with Crippen molar-refractivity contribution < 1.29 is 19.1 Å². The van der Waals surface area contributed by atoms with Gasteiger partial charge in [-0.25, -0.2) is 4.79 Å². The fraction of sp³-hybridized carbons (Fsp3) is 0.300. The van der Waals surface area contributed by atoms with Crippen molar-refractivity contribution in [3.8, 4) is 11.5 Å². The molecule has 0 saturated heterocycles. The first-order chi connectivity index (χ1) is 12.1. The maximum atomic E-state index is 12.5. The lowest BCUT2D eigenvalue weighted by molar-refractivity contribution is -0.140. The summed E-state index contributed by atoms with van der Waals surface area (Å²) < 4.78 is 10.9. The lowest BCUT2D eigenvalue weighted by atomic mass is 9.86. The highest BCUT2D eigenvalue weighted by atomic mass is 16.5. The first-order valence-corrected chi connectivity index (χ1v) is 8.41. The molecule has 130 valence electrons. The Labute approximate surface area is 146 Å². The summed E-state index contributed by atoms with van der Waals surface area (Å²) >= 11 is 0. The van der Waals surface area contributed by atoms with Gasteiger partial charge in [-0.15, -0.1) is 0 Å². The van der Waals surface area contributed by atoms with Gasteiger partial charge in [-0.2, -0.15) is 0 Å². The molecule has 3 rings (SSSR count). The number of nitrogens with two attached hydrogens (primary N) is 1. The van der Waals surface area contributed by atoms with E-state index in [1.54, 1.807) is 24.3 Å². The van der Waals surface area contributed by atoms with Gasteiger partial charge in [0, 0.05) is 22.9 Å². The fourth-order valence-electron chi connectivity index (χ4n) is 3.13. The predicted molar refractivity (Wildman–Crippen MR) is 95.3 cm³/mol. The molecule has 0 unspecified atom stereocenters. The third-order valence-electron chi connectivity index (χ3n) is 4.54. The Morgan fingerprint density at radius 3 is 2.08 bits per heavy atom. The second-order valence-electron chi connectivity index (χ2n) is 6.27. The molecule has 0 atom stereocenters. The van der Waals surface area contributed by atoms with Gasteiger partial charge in [0.1, 0.15) is 11.5 Å². The highest BCUT2D eigenvalue weighted by molar-refractivity contribution is 5.96. The van der Waals surface area contributed by atoms with Crippen molar-refractivity contribution in [2.75, 3.05) is 0 Å². The average molecular weight is 339 g/mol. The van der Waals surface area contributed by atoms with Crippen LogP contribution in [-0.4, -0.2) is 18.0 Å². The molecule has 0 aliphatic heterocycles. The summed E-state index contributed by atoms with van der Waals surface area (Å²) in [5.41, 5.74) is 5.89. The minimum Gasteiger partial charge on any atom is -0.426 e. The Hall–Kier alpha value is -2.66. The number of rotatable bonds is 4. The van der Waals surface area contributed by atoms with Gasteiger partial charge < -0.3 is 15.2 Å². The van der Waals surface area contributed by atoms with Gasteiger partial charge in [0.05, 0.1) is 5.92 Å². The van der Waals surface area contributed by atoms with Crippen LogP contribution in [0.2, 0.25) is 0 Å². The molecule has 2 aromatic rings. The van der Waals surface area contributed by atoms with Crippen LogP contribution in [0, 0.1) is 5.92 Å². The van der Waals surface area contributed by atoms with Crippen molar-refractivity contribution >= 4 is 22.7 Å². The second kappa shape index (κ2) is 7.49. The van der Waals surface area contributed by atoms with Gasteiger partial charge in [-0.1, -0.05) is 30.8 Å². The van der Waals surface area contributed by atoms with Gasteiger partial charge in [0.25, 0.3) is 0 Å². The number of carbonyl (C=O) groups is 2. The van der Waals surface area contributed by atoms with E-state index < -0.39 is 5.97 Å². The number of carbonyl (C=O) groups excluding carboxylic acids is 2. The second-order valence-corrected chi connectivity index (χ2v) is 6.27. The molecule has 5 heteroatoms. The number of hydrogen-bond acceptors (Lipinski definition) is 5. The molecular formula is C20H21NO4. The van der Waals surface area contributed by atoms with Gasteiger partial charge in [-0.3, -0.25) is 4.79 Å². The normalized spacial score (nSPS) is 20.0. The van der Waals surface area contributed by atoms with Crippen LogP contribution >= 0.6 is 0 Å². The number of esters is 2. The molecule has 0 heterocycles. The van der Waals surface area contributed by atoms with Crippen molar-refractivity contribution in [2.45, 2.75) is 31.7 Å². The molecule has 2 aromatic carbocycles. The van der Waals surface area contributed by atoms with E-state index in [0.717, 1.165) is 37.1 Å². The molecule has 5 nitrogen and oxygen atoms in total. The lowest BCUT2D eigenvalue weighted by Gasteiger charge is -2.24. The van der Waals surface area contributed by atoms with E-state index in [-0.39, 0.29) is 17.9 Å². The summed E-state index contributed by atoms with van der Waals surface area (Å²) in [7, 11) is 0. The maximum absolute atomic E-state index is 12.5. The minimum atomic E-state index is -0.534. The molecule has 1 fully saturated rings. The van der Waals surface area contributed by atoms with Crippen LogP contribution in [0.15, 0.2) is 49.1 Å². The summed E-state index contributed by atoms with van der Waals surface area (Å²) in [6.45, 7) is 3.40. The highest BCUT2D eigenvalue weighted by Gasteiger charge is 2.26. The Kier molecular flexibility index (Phi) is 5.14. The molecule has 0 aromatic heterocycles. The molecule has 1 saturated carbocycles. The van der Waals surface area contributed by atoms with E-state index in [0.29, 0.717) is 16.9 Å². The van der Waals surface area contributed by atoms with E-state index in [4.69, 9.17) is 15.2 Å². The van der Waals surface area contributed by atoms with Crippen LogP contribution < -0.4 is 15.2 Å². The quantitative estimate of drug-likeness (QED) is 0.525. The van der Waals surface area contributed by atoms with Gasteiger partial charge in [-0.05, 0) is 37.8 Å². The van der Waals surface area contributed by atoms with Crippen LogP contribution in [0.4, 0.5) is 0 Å². The van der Waals surface area contributed by atoms with Crippen molar-refractivity contribution in [1.29, 1.82) is 0 Å². The number of hydrogen-bond donors (Lipinski definition) is 1. The van der Waals surface area contributed by atoms with Gasteiger partial charge in [0.15, 0.2) is 0 Å². The molecule has 25 heavy (non-hydrogen) atoms. The lowest BCUT2D eigenvalue weighted by Crippen LogP contribution is -2.31. The van der Waals surface area contributed by atoms with E-state index in [2.05, 4.69) is 6.58 Å². The van der Waals surface area contributed by atoms with E-state index in [1.165, 1.54) is 0 Å². The topological polar surface area (TPSA) is 78.6 Å². The first-order valence-electron chi connectivity index (χ1n) is 8.41.